The first kappa shape index (κ1) is 22.9. The van der Waals surface area contributed by atoms with Crippen molar-refractivity contribution < 1.29 is 24.2 Å². The number of amides is 1. The third-order valence-corrected chi connectivity index (χ3v) is 6.09. The lowest BCUT2D eigenvalue weighted by Crippen LogP contribution is -2.42. The number of Topliss-reactive ketones (excluding diaryl/α,β-unsaturated/α-hetero) is 1. The lowest BCUT2D eigenvalue weighted by atomic mass is 9.94. The lowest BCUT2D eigenvalue weighted by Gasteiger charge is -2.31. The van der Waals surface area contributed by atoms with Crippen LogP contribution in [0.3, 0.4) is 0 Å². The van der Waals surface area contributed by atoms with Crippen LogP contribution < -0.4 is 4.74 Å². The van der Waals surface area contributed by atoms with Gasteiger partial charge in [-0.2, -0.15) is 0 Å². The average molecular weight is 453 g/mol. The van der Waals surface area contributed by atoms with Crippen LogP contribution in [0.25, 0.3) is 5.76 Å². The Morgan fingerprint density at radius 2 is 1.91 bits per heavy atom. The van der Waals surface area contributed by atoms with Crippen LogP contribution in [0.15, 0.2) is 36.0 Å². The van der Waals surface area contributed by atoms with Gasteiger partial charge in [-0.3, -0.25) is 14.5 Å². The molecule has 2 fully saturated rings. The molecule has 3 heterocycles. The van der Waals surface area contributed by atoms with Crippen molar-refractivity contribution in [2.24, 2.45) is 0 Å². The van der Waals surface area contributed by atoms with E-state index in [0.717, 1.165) is 13.1 Å². The molecule has 4 rings (SSSR count). The summed E-state index contributed by atoms with van der Waals surface area (Å²) in [5, 5.41) is 11.2. The average Bonchev–Trinajstić information content (AvgIpc) is 3.07. The Labute approximate surface area is 192 Å². The summed E-state index contributed by atoms with van der Waals surface area (Å²) in [6.45, 7) is 7.21. The van der Waals surface area contributed by atoms with Gasteiger partial charge < -0.3 is 19.5 Å². The van der Waals surface area contributed by atoms with Gasteiger partial charge >= 0.3 is 0 Å². The number of aromatic nitrogens is 2. The molecular formula is C24H28N4O5. The molecule has 9 heteroatoms. The summed E-state index contributed by atoms with van der Waals surface area (Å²) in [5.74, 6) is -0.577. The molecule has 1 N–H and O–H groups in total. The van der Waals surface area contributed by atoms with Crippen LogP contribution in [0.4, 0.5) is 0 Å². The predicted molar refractivity (Wildman–Crippen MR) is 121 cm³/mol. The summed E-state index contributed by atoms with van der Waals surface area (Å²) in [7, 11) is 1.54. The van der Waals surface area contributed by atoms with Crippen LogP contribution in [0.2, 0.25) is 0 Å². The SMILES string of the molecule is COc1ccccc1C1/C(=C(\O)c2cnc(C)nc2C)C(=O)C(=O)N1CCN1CCOCC1. The third kappa shape index (κ3) is 4.46. The molecule has 1 amide bonds. The lowest BCUT2D eigenvalue weighted by molar-refractivity contribution is -0.140. The number of rotatable bonds is 6. The van der Waals surface area contributed by atoms with Crippen LogP contribution >= 0.6 is 0 Å². The number of aliphatic hydroxyl groups is 1. The summed E-state index contributed by atoms with van der Waals surface area (Å²) in [6.07, 6.45) is 1.48. The smallest absolute Gasteiger partial charge is 0.295 e. The molecular weight excluding hydrogens is 424 g/mol. The van der Waals surface area contributed by atoms with Gasteiger partial charge in [0.1, 0.15) is 17.3 Å². The molecule has 9 nitrogen and oxygen atoms in total. The third-order valence-electron chi connectivity index (χ3n) is 6.09. The number of para-hydroxylation sites is 1. The number of likely N-dealkylation sites (tertiary alicyclic amines) is 1. The minimum Gasteiger partial charge on any atom is -0.507 e. The largest absolute Gasteiger partial charge is 0.507 e. The Morgan fingerprint density at radius 3 is 2.61 bits per heavy atom. The van der Waals surface area contributed by atoms with Crippen molar-refractivity contribution in [3.63, 3.8) is 0 Å². The molecule has 0 radical (unpaired) electrons. The van der Waals surface area contributed by atoms with E-state index in [4.69, 9.17) is 9.47 Å². The van der Waals surface area contributed by atoms with Gasteiger partial charge in [-0.1, -0.05) is 18.2 Å². The second-order valence-electron chi connectivity index (χ2n) is 8.10. The van der Waals surface area contributed by atoms with Gasteiger partial charge in [0, 0.05) is 37.9 Å². The van der Waals surface area contributed by atoms with Crippen LogP contribution in [-0.2, 0) is 14.3 Å². The van der Waals surface area contributed by atoms with Gasteiger partial charge in [-0.25, -0.2) is 9.97 Å². The maximum atomic E-state index is 13.2. The van der Waals surface area contributed by atoms with Gasteiger partial charge in [-0.15, -0.1) is 0 Å². The fourth-order valence-electron chi connectivity index (χ4n) is 4.36. The molecule has 1 aromatic carbocycles. The first-order valence-corrected chi connectivity index (χ1v) is 10.9. The monoisotopic (exact) mass is 452 g/mol. The minimum absolute atomic E-state index is 0.0158. The molecule has 1 unspecified atom stereocenters. The molecule has 0 bridgehead atoms. The van der Waals surface area contributed by atoms with E-state index in [-0.39, 0.29) is 11.3 Å². The minimum atomic E-state index is -0.789. The number of aliphatic hydroxyl groups excluding tert-OH is 1. The predicted octanol–water partition coefficient (Wildman–Crippen LogP) is 1.86. The van der Waals surface area contributed by atoms with Gasteiger partial charge in [-0.05, 0) is 19.9 Å². The molecule has 0 saturated carbocycles. The van der Waals surface area contributed by atoms with Crippen molar-refractivity contribution in [1.82, 2.24) is 19.8 Å². The topological polar surface area (TPSA) is 105 Å². The standard InChI is InChI=1S/C24H28N4O5/c1-15-18(14-25-16(2)26-15)22(29)20-21(17-6-4-5-7-19(17)32-3)28(24(31)23(20)30)9-8-27-10-12-33-13-11-27/h4-7,14,21,29H,8-13H2,1-3H3/b22-20+. The van der Waals surface area contributed by atoms with Crippen molar-refractivity contribution in [3.05, 3.63) is 58.7 Å². The number of methoxy groups -OCH3 is 1. The second-order valence-corrected chi connectivity index (χ2v) is 8.10. The van der Waals surface area contributed by atoms with Crippen molar-refractivity contribution >= 4 is 17.4 Å². The van der Waals surface area contributed by atoms with E-state index >= 15 is 0 Å². The van der Waals surface area contributed by atoms with E-state index in [9.17, 15) is 14.7 Å². The summed E-state index contributed by atoms with van der Waals surface area (Å²) in [6, 6.07) is 6.43. The molecule has 2 aromatic rings. The van der Waals surface area contributed by atoms with E-state index in [2.05, 4.69) is 14.9 Å². The number of aryl methyl sites for hydroxylation is 2. The zero-order chi connectivity index (χ0) is 23.5. The van der Waals surface area contributed by atoms with Gasteiger partial charge in [0.05, 0.1) is 43.2 Å². The number of morpholine rings is 1. The number of hydrogen-bond acceptors (Lipinski definition) is 8. The van der Waals surface area contributed by atoms with Crippen LogP contribution in [0, 0.1) is 13.8 Å². The maximum absolute atomic E-state index is 13.2. The molecule has 33 heavy (non-hydrogen) atoms. The van der Waals surface area contributed by atoms with Gasteiger partial charge in [0.25, 0.3) is 11.7 Å². The fraction of sp³-hybridized carbons (Fsp3) is 0.417. The van der Waals surface area contributed by atoms with E-state index in [1.165, 1.54) is 18.2 Å². The highest BCUT2D eigenvalue weighted by atomic mass is 16.5. The van der Waals surface area contributed by atoms with Crippen molar-refractivity contribution in [2.75, 3.05) is 46.5 Å². The van der Waals surface area contributed by atoms with Gasteiger partial charge in [0.2, 0.25) is 0 Å². The highest BCUT2D eigenvalue weighted by Gasteiger charge is 2.47. The van der Waals surface area contributed by atoms with Crippen molar-refractivity contribution in [2.45, 2.75) is 19.9 Å². The summed E-state index contributed by atoms with van der Waals surface area (Å²) < 4.78 is 10.9. The number of carbonyl (C=O) groups excluding carboxylic acids is 2. The molecule has 2 aliphatic heterocycles. The molecule has 1 aromatic heterocycles. The normalized spacial score (nSPS) is 20.9. The summed E-state index contributed by atoms with van der Waals surface area (Å²) >= 11 is 0. The first-order valence-electron chi connectivity index (χ1n) is 10.9. The number of nitrogens with zero attached hydrogens (tertiary/aromatic N) is 4. The van der Waals surface area contributed by atoms with Crippen molar-refractivity contribution in [3.8, 4) is 5.75 Å². The quantitative estimate of drug-likeness (QED) is 0.402. The van der Waals surface area contributed by atoms with Gasteiger partial charge in [0.15, 0.2) is 0 Å². The Kier molecular flexibility index (Phi) is 6.71. The Hall–Kier alpha value is -3.30. The number of ketones is 1. The summed E-state index contributed by atoms with van der Waals surface area (Å²) in [5.41, 5.74) is 1.50. The van der Waals surface area contributed by atoms with E-state index in [1.54, 1.807) is 19.9 Å². The Balaban J connectivity index is 1.80. The Bertz CT molecular complexity index is 1090. The molecule has 0 aliphatic carbocycles. The number of benzene rings is 1. The molecule has 2 saturated heterocycles. The number of carbonyl (C=O) groups is 2. The Morgan fingerprint density at radius 1 is 1.18 bits per heavy atom. The van der Waals surface area contributed by atoms with E-state index in [0.29, 0.717) is 54.7 Å². The van der Waals surface area contributed by atoms with E-state index < -0.39 is 17.7 Å². The van der Waals surface area contributed by atoms with Crippen LogP contribution in [0.5, 0.6) is 5.75 Å². The van der Waals surface area contributed by atoms with Crippen LogP contribution in [0.1, 0.15) is 28.7 Å². The highest BCUT2D eigenvalue weighted by molar-refractivity contribution is 6.46. The second kappa shape index (κ2) is 9.68. The van der Waals surface area contributed by atoms with E-state index in [1.807, 2.05) is 18.2 Å². The highest BCUT2D eigenvalue weighted by Crippen LogP contribution is 2.42. The number of hydrogen-bond donors (Lipinski definition) is 1. The molecule has 1 atom stereocenters. The molecule has 2 aliphatic rings. The maximum Gasteiger partial charge on any atom is 0.295 e. The first-order chi connectivity index (χ1) is 15.9. The van der Waals surface area contributed by atoms with Crippen molar-refractivity contribution in [1.29, 1.82) is 0 Å². The number of ether oxygens (including phenoxy) is 2. The zero-order valence-corrected chi connectivity index (χ0v) is 19.1. The fourth-order valence-corrected chi connectivity index (χ4v) is 4.36. The summed E-state index contributed by atoms with van der Waals surface area (Å²) in [4.78, 5) is 38.6. The molecule has 0 spiro atoms. The molecule has 174 valence electrons. The van der Waals surface area contributed by atoms with Crippen LogP contribution in [-0.4, -0.2) is 83.1 Å². The zero-order valence-electron chi connectivity index (χ0n) is 19.1.